The normalized spacial score (nSPS) is 18.4. The molecule has 0 aromatic heterocycles. The summed E-state index contributed by atoms with van der Waals surface area (Å²) in [5, 5.41) is -0.168. The zero-order chi connectivity index (χ0) is 19.1. The van der Waals surface area contributed by atoms with Crippen LogP contribution in [0.2, 0.25) is 5.02 Å². The summed E-state index contributed by atoms with van der Waals surface area (Å²) in [5.41, 5.74) is -3.55. The van der Waals surface area contributed by atoms with E-state index in [2.05, 4.69) is 4.74 Å². The molecule has 138 valence electrons. The summed E-state index contributed by atoms with van der Waals surface area (Å²) in [6, 6.07) is 7.29. The van der Waals surface area contributed by atoms with Crippen molar-refractivity contribution < 1.29 is 31.8 Å². The quantitative estimate of drug-likeness (QED) is 0.555. The van der Waals surface area contributed by atoms with Crippen LogP contribution in [0, 0.1) is 5.82 Å². The van der Waals surface area contributed by atoms with Crippen molar-refractivity contribution in [1.82, 2.24) is 0 Å². The number of benzene rings is 2. The molecule has 0 fully saturated rings. The van der Waals surface area contributed by atoms with Gasteiger partial charge in [0.2, 0.25) is 5.60 Å². The summed E-state index contributed by atoms with van der Waals surface area (Å²) in [6.07, 6.45) is -4.97. The molecule has 0 amide bonds. The SMILES string of the molecule is CCOC(=O)COC1(C(F)(F)F)c2ccccc2-c2c(Cl)cc(F)cc21. The summed E-state index contributed by atoms with van der Waals surface area (Å²) in [6.45, 7) is 0.566. The molecule has 8 heteroatoms. The molecule has 1 atom stereocenters. The molecule has 0 heterocycles. The molecule has 26 heavy (non-hydrogen) atoms. The minimum Gasteiger partial charge on any atom is -0.464 e. The lowest BCUT2D eigenvalue weighted by Gasteiger charge is -2.33. The largest absolute Gasteiger partial charge is 0.464 e. The zero-order valence-corrected chi connectivity index (χ0v) is 14.2. The van der Waals surface area contributed by atoms with Crippen molar-refractivity contribution in [3.8, 4) is 11.1 Å². The second-order valence-electron chi connectivity index (χ2n) is 5.63. The highest BCUT2D eigenvalue weighted by Crippen LogP contribution is 2.58. The topological polar surface area (TPSA) is 35.5 Å². The van der Waals surface area contributed by atoms with Crippen molar-refractivity contribution in [2.24, 2.45) is 0 Å². The molecule has 0 aliphatic heterocycles. The summed E-state index contributed by atoms with van der Waals surface area (Å²) in [7, 11) is 0. The number of esters is 1. The standard InChI is InChI=1S/C18H13ClF4O3/c1-2-25-15(24)9-26-17(18(21,22)23)12-6-4-3-5-11(12)16-13(17)7-10(20)8-14(16)19/h3-8H,2,9H2,1H3. The number of carbonyl (C=O) groups excluding carboxylic acids is 1. The predicted molar refractivity (Wildman–Crippen MR) is 86.3 cm³/mol. The van der Waals surface area contributed by atoms with Crippen molar-refractivity contribution in [2.75, 3.05) is 13.2 Å². The molecule has 2 aromatic carbocycles. The number of hydrogen-bond acceptors (Lipinski definition) is 3. The van der Waals surface area contributed by atoms with Crippen molar-refractivity contribution in [1.29, 1.82) is 0 Å². The third kappa shape index (κ3) is 2.75. The second kappa shape index (κ2) is 6.55. The first-order valence-electron chi connectivity index (χ1n) is 7.68. The molecule has 0 spiro atoms. The van der Waals surface area contributed by atoms with Gasteiger partial charge in [0, 0.05) is 16.7 Å². The highest BCUT2D eigenvalue weighted by molar-refractivity contribution is 6.33. The average molecular weight is 389 g/mol. The van der Waals surface area contributed by atoms with Gasteiger partial charge in [0.25, 0.3) is 0 Å². The number of fused-ring (bicyclic) bond motifs is 3. The van der Waals surface area contributed by atoms with E-state index >= 15 is 0 Å². The van der Waals surface area contributed by atoms with Crippen LogP contribution in [0.25, 0.3) is 11.1 Å². The Bertz CT molecular complexity index is 866. The van der Waals surface area contributed by atoms with Crippen molar-refractivity contribution in [2.45, 2.75) is 18.7 Å². The number of ether oxygens (including phenoxy) is 2. The van der Waals surface area contributed by atoms with Crippen molar-refractivity contribution in [3.63, 3.8) is 0 Å². The molecule has 3 rings (SSSR count). The van der Waals surface area contributed by atoms with Gasteiger partial charge in [-0.2, -0.15) is 13.2 Å². The van der Waals surface area contributed by atoms with E-state index in [1.54, 1.807) is 6.07 Å². The molecule has 0 radical (unpaired) electrons. The molecule has 3 nitrogen and oxygen atoms in total. The van der Waals surface area contributed by atoms with Crippen LogP contribution in [0.15, 0.2) is 36.4 Å². The van der Waals surface area contributed by atoms with Crippen LogP contribution in [-0.2, 0) is 19.9 Å². The van der Waals surface area contributed by atoms with Gasteiger partial charge in [0.1, 0.15) is 12.4 Å². The third-order valence-electron chi connectivity index (χ3n) is 4.12. The van der Waals surface area contributed by atoms with Crippen LogP contribution in [0.4, 0.5) is 17.6 Å². The van der Waals surface area contributed by atoms with Crippen molar-refractivity contribution in [3.05, 3.63) is 58.4 Å². The molecule has 1 aliphatic rings. The Morgan fingerprint density at radius 2 is 1.88 bits per heavy atom. The number of hydrogen-bond donors (Lipinski definition) is 0. The Balaban J connectivity index is 2.26. The number of carbonyl (C=O) groups is 1. The van der Waals surface area contributed by atoms with Crippen LogP contribution in [0.5, 0.6) is 0 Å². The zero-order valence-electron chi connectivity index (χ0n) is 13.5. The van der Waals surface area contributed by atoms with E-state index in [0.717, 1.165) is 12.1 Å². The van der Waals surface area contributed by atoms with Gasteiger partial charge in [0.15, 0.2) is 0 Å². The number of rotatable bonds is 4. The van der Waals surface area contributed by atoms with Gasteiger partial charge in [-0.25, -0.2) is 9.18 Å². The van der Waals surface area contributed by atoms with Crippen LogP contribution in [-0.4, -0.2) is 25.4 Å². The first-order valence-corrected chi connectivity index (χ1v) is 8.06. The lowest BCUT2D eigenvalue weighted by atomic mass is 9.90. The fourth-order valence-corrected chi connectivity index (χ4v) is 3.50. The van der Waals surface area contributed by atoms with Gasteiger partial charge in [-0.15, -0.1) is 0 Å². The average Bonchev–Trinajstić information content (AvgIpc) is 2.84. The maximum absolute atomic E-state index is 14.2. The Kier molecular flexibility index (Phi) is 4.71. The summed E-state index contributed by atoms with van der Waals surface area (Å²) >= 11 is 6.04. The first kappa shape index (κ1) is 18.7. The number of alkyl halides is 3. The Morgan fingerprint density at radius 3 is 2.54 bits per heavy atom. The molecule has 2 aromatic rings. The Labute approximate surface area is 151 Å². The van der Waals surface area contributed by atoms with E-state index in [1.807, 2.05) is 0 Å². The fraction of sp³-hybridized carbons (Fsp3) is 0.278. The molecule has 0 saturated carbocycles. The van der Waals surface area contributed by atoms with Crippen LogP contribution in [0.3, 0.4) is 0 Å². The van der Waals surface area contributed by atoms with Gasteiger partial charge >= 0.3 is 12.1 Å². The van der Waals surface area contributed by atoms with Gasteiger partial charge in [0.05, 0.1) is 11.6 Å². The van der Waals surface area contributed by atoms with Gasteiger partial charge < -0.3 is 9.47 Å². The van der Waals surface area contributed by atoms with E-state index in [0.29, 0.717) is 0 Å². The maximum Gasteiger partial charge on any atom is 0.426 e. The van der Waals surface area contributed by atoms with E-state index in [4.69, 9.17) is 16.3 Å². The lowest BCUT2D eigenvalue weighted by Crippen LogP contribution is -2.45. The molecule has 0 N–H and O–H groups in total. The maximum atomic E-state index is 14.2. The summed E-state index contributed by atoms with van der Waals surface area (Å²) in [4.78, 5) is 11.6. The summed E-state index contributed by atoms with van der Waals surface area (Å²) < 4.78 is 66.3. The highest BCUT2D eigenvalue weighted by atomic mass is 35.5. The molecular formula is C18H13ClF4O3. The minimum absolute atomic E-state index is 0.00512. The molecule has 1 unspecified atom stereocenters. The number of halogens is 5. The van der Waals surface area contributed by atoms with E-state index < -0.39 is 35.7 Å². The summed E-state index contributed by atoms with van der Waals surface area (Å²) in [5.74, 6) is -1.89. The van der Waals surface area contributed by atoms with E-state index in [9.17, 15) is 22.4 Å². The van der Waals surface area contributed by atoms with Gasteiger partial charge in [-0.3, -0.25) is 0 Å². The van der Waals surface area contributed by atoms with Gasteiger partial charge in [-0.1, -0.05) is 35.9 Å². The fourth-order valence-electron chi connectivity index (χ4n) is 3.19. The van der Waals surface area contributed by atoms with Crippen molar-refractivity contribution >= 4 is 17.6 Å². The van der Waals surface area contributed by atoms with Crippen LogP contribution in [0.1, 0.15) is 18.1 Å². The molecule has 1 aliphatic carbocycles. The van der Waals surface area contributed by atoms with Crippen LogP contribution < -0.4 is 0 Å². The van der Waals surface area contributed by atoms with Gasteiger partial charge in [-0.05, 0) is 24.6 Å². The second-order valence-corrected chi connectivity index (χ2v) is 6.04. The predicted octanol–water partition coefficient (Wildman–Crippen LogP) is 4.85. The monoisotopic (exact) mass is 388 g/mol. The third-order valence-corrected chi connectivity index (χ3v) is 4.42. The highest BCUT2D eigenvalue weighted by Gasteiger charge is 2.63. The lowest BCUT2D eigenvalue weighted by molar-refractivity contribution is -0.265. The van der Waals surface area contributed by atoms with E-state index in [1.165, 1.54) is 25.1 Å². The van der Waals surface area contributed by atoms with E-state index in [-0.39, 0.29) is 28.3 Å². The molecule has 0 saturated heterocycles. The molecular weight excluding hydrogens is 376 g/mol. The first-order chi connectivity index (χ1) is 12.2. The minimum atomic E-state index is -4.97. The Morgan fingerprint density at radius 1 is 1.19 bits per heavy atom. The van der Waals surface area contributed by atoms with Crippen LogP contribution >= 0.6 is 11.6 Å². The molecule has 0 bridgehead atoms. The Hall–Kier alpha value is -2.12. The smallest absolute Gasteiger partial charge is 0.426 e.